The van der Waals surface area contributed by atoms with Crippen LogP contribution in [0.1, 0.15) is 316 Å². The van der Waals surface area contributed by atoms with Crippen molar-refractivity contribution in [3.63, 3.8) is 0 Å². The molecule has 422 valence electrons. The fourth-order valence-electron chi connectivity index (χ4n) is 9.00. The van der Waals surface area contributed by atoms with Gasteiger partial charge in [0.25, 0.3) is 0 Å². The summed E-state index contributed by atoms with van der Waals surface area (Å²) in [4.78, 5) is 38.2. The first kappa shape index (κ1) is 69.8. The molecule has 0 rings (SSSR count). The summed E-state index contributed by atoms with van der Waals surface area (Å²) in [6.07, 6.45) is 79.2. The average molecular weight is 1020 g/mol. The van der Waals surface area contributed by atoms with Gasteiger partial charge in [0.1, 0.15) is 13.2 Å². The molecular formula is C67H118O6. The van der Waals surface area contributed by atoms with Gasteiger partial charge in [-0.1, -0.05) is 286 Å². The van der Waals surface area contributed by atoms with Crippen LogP contribution < -0.4 is 0 Å². The Morgan fingerprint density at radius 3 is 0.890 bits per heavy atom. The maximum absolute atomic E-state index is 12.9. The molecule has 1 atom stereocenters. The number of carbonyl (C=O) groups is 3. The third kappa shape index (κ3) is 59.6. The standard InChI is InChI=1S/C67H118O6/c1-4-7-10-13-16-19-22-25-28-30-31-32-33-34-35-37-39-42-45-48-51-54-57-60-66(69)72-63-64(62-71-65(68)59-56-53-50-47-44-41-38-27-24-21-18-15-12-9-6-3)73-67(70)61-58-55-52-49-46-43-40-36-29-26-23-20-17-14-11-8-5-2/h8,11,17,20,26-27,29,38,40,43,49,52,64H,4-7,9-10,12-16,18-19,21-25,28,30-37,39,41-42,44-48,50-51,53-63H2,1-3H3/b11-8-,20-17-,29-26-,38-27-,43-40-,52-49-. The molecule has 6 heteroatoms. The molecule has 0 saturated heterocycles. The minimum absolute atomic E-state index is 0.0978. The lowest BCUT2D eigenvalue weighted by Gasteiger charge is -2.18. The second-order valence-corrected chi connectivity index (χ2v) is 20.9. The highest BCUT2D eigenvalue weighted by Crippen LogP contribution is 2.17. The first-order valence-electron chi connectivity index (χ1n) is 31.4. The summed E-state index contributed by atoms with van der Waals surface area (Å²) < 4.78 is 16.9. The molecule has 6 nitrogen and oxygen atoms in total. The Balaban J connectivity index is 4.37. The maximum Gasteiger partial charge on any atom is 0.306 e. The van der Waals surface area contributed by atoms with Crippen molar-refractivity contribution >= 4 is 17.9 Å². The highest BCUT2D eigenvalue weighted by Gasteiger charge is 2.19. The van der Waals surface area contributed by atoms with Gasteiger partial charge in [0, 0.05) is 19.3 Å². The van der Waals surface area contributed by atoms with Crippen molar-refractivity contribution in [1.82, 2.24) is 0 Å². The van der Waals surface area contributed by atoms with Crippen LogP contribution in [0.15, 0.2) is 72.9 Å². The average Bonchev–Trinajstić information content (AvgIpc) is 3.39. The van der Waals surface area contributed by atoms with E-state index in [1.165, 1.54) is 186 Å². The Bertz CT molecular complexity index is 1360. The van der Waals surface area contributed by atoms with E-state index >= 15 is 0 Å². The van der Waals surface area contributed by atoms with Crippen LogP contribution in [0.3, 0.4) is 0 Å². The number of esters is 3. The fraction of sp³-hybridized carbons (Fsp3) is 0.776. The SMILES string of the molecule is CC/C=C\C/C=C\C/C=C\C/C=C\C/C=C\CCCC(=O)OC(COC(=O)CCCCCCC/C=C\CCCCCCCC)COC(=O)CCCCCCCCCCCCCCCCCCCCCCCCC. The molecule has 0 N–H and O–H groups in total. The lowest BCUT2D eigenvalue weighted by molar-refractivity contribution is -0.167. The Kier molecular flexibility index (Phi) is 58.7. The van der Waals surface area contributed by atoms with Crippen LogP contribution in [0.25, 0.3) is 0 Å². The summed E-state index contributed by atoms with van der Waals surface area (Å²) >= 11 is 0. The highest BCUT2D eigenvalue weighted by atomic mass is 16.6. The zero-order valence-corrected chi connectivity index (χ0v) is 48.4. The molecule has 0 aliphatic carbocycles. The summed E-state index contributed by atoms with van der Waals surface area (Å²) in [5, 5.41) is 0. The van der Waals surface area contributed by atoms with Crippen LogP contribution in [0.2, 0.25) is 0 Å². The molecule has 0 radical (unpaired) electrons. The van der Waals surface area contributed by atoms with E-state index in [4.69, 9.17) is 14.2 Å². The van der Waals surface area contributed by atoms with Gasteiger partial charge in [0.2, 0.25) is 0 Å². The summed E-state index contributed by atoms with van der Waals surface area (Å²) in [5.41, 5.74) is 0. The van der Waals surface area contributed by atoms with Gasteiger partial charge in [-0.2, -0.15) is 0 Å². The largest absolute Gasteiger partial charge is 0.462 e. The van der Waals surface area contributed by atoms with Gasteiger partial charge in [-0.3, -0.25) is 14.4 Å². The Morgan fingerprint density at radius 2 is 0.548 bits per heavy atom. The molecule has 1 unspecified atom stereocenters. The third-order valence-corrected chi connectivity index (χ3v) is 13.7. The van der Waals surface area contributed by atoms with E-state index in [2.05, 4.69) is 93.7 Å². The first-order valence-corrected chi connectivity index (χ1v) is 31.4. The van der Waals surface area contributed by atoms with Crippen molar-refractivity contribution in [2.24, 2.45) is 0 Å². The van der Waals surface area contributed by atoms with Gasteiger partial charge in [-0.05, 0) is 83.5 Å². The van der Waals surface area contributed by atoms with Gasteiger partial charge in [0.05, 0.1) is 0 Å². The van der Waals surface area contributed by atoms with E-state index < -0.39 is 6.10 Å². The van der Waals surface area contributed by atoms with Crippen LogP contribution in [0.4, 0.5) is 0 Å². The summed E-state index contributed by atoms with van der Waals surface area (Å²) in [7, 11) is 0. The summed E-state index contributed by atoms with van der Waals surface area (Å²) in [6, 6.07) is 0. The van der Waals surface area contributed by atoms with Crippen molar-refractivity contribution in [3.05, 3.63) is 72.9 Å². The molecule has 0 aliphatic rings. The fourth-order valence-corrected chi connectivity index (χ4v) is 9.00. The zero-order valence-electron chi connectivity index (χ0n) is 48.4. The highest BCUT2D eigenvalue weighted by molar-refractivity contribution is 5.71. The summed E-state index contributed by atoms with van der Waals surface area (Å²) in [5.74, 6) is -0.951. The van der Waals surface area contributed by atoms with E-state index in [9.17, 15) is 14.4 Å². The topological polar surface area (TPSA) is 78.9 Å². The second-order valence-electron chi connectivity index (χ2n) is 20.9. The molecule has 0 bridgehead atoms. The van der Waals surface area contributed by atoms with E-state index in [0.717, 1.165) is 83.5 Å². The zero-order chi connectivity index (χ0) is 52.9. The van der Waals surface area contributed by atoms with E-state index in [1.54, 1.807) is 0 Å². The predicted molar refractivity (Wildman–Crippen MR) is 316 cm³/mol. The molecule has 0 spiro atoms. The van der Waals surface area contributed by atoms with Crippen LogP contribution in [0.5, 0.6) is 0 Å². The lowest BCUT2D eigenvalue weighted by atomic mass is 10.0. The van der Waals surface area contributed by atoms with Crippen LogP contribution >= 0.6 is 0 Å². The normalized spacial score (nSPS) is 12.5. The Hall–Kier alpha value is -3.15. The van der Waals surface area contributed by atoms with Crippen molar-refractivity contribution < 1.29 is 28.6 Å². The minimum Gasteiger partial charge on any atom is -0.462 e. The lowest BCUT2D eigenvalue weighted by Crippen LogP contribution is -2.30. The van der Waals surface area contributed by atoms with Gasteiger partial charge in [0.15, 0.2) is 6.10 Å². The smallest absolute Gasteiger partial charge is 0.306 e. The van der Waals surface area contributed by atoms with Crippen molar-refractivity contribution in [1.29, 1.82) is 0 Å². The quantitative estimate of drug-likeness (QED) is 0.0261. The monoisotopic (exact) mass is 1020 g/mol. The molecule has 0 heterocycles. The first-order chi connectivity index (χ1) is 36.0. The second kappa shape index (κ2) is 61.4. The van der Waals surface area contributed by atoms with Crippen LogP contribution in [-0.2, 0) is 28.6 Å². The molecule has 73 heavy (non-hydrogen) atoms. The van der Waals surface area contributed by atoms with Crippen molar-refractivity contribution in [3.8, 4) is 0 Å². The number of hydrogen-bond donors (Lipinski definition) is 0. The number of rotatable bonds is 57. The van der Waals surface area contributed by atoms with Gasteiger partial charge >= 0.3 is 17.9 Å². The molecule has 0 aromatic carbocycles. The molecule has 0 aromatic rings. The van der Waals surface area contributed by atoms with E-state index in [-0.39, 0.29) is 37.5 Å². The molecule has 0 fully saturated rings. The van der Waals surface area contributed by atoms with Gasteiger partial charge in [-0.25, -0.2) is 0 Å². The van der Waals surface area contributed by atoms with E-state index in [0.29, 0.717) is 19.3 Å². The number of hydrogen-bond acceptors (Lipinski definition) is 6. The molecule has 0 aromatic heterocycles. The van der Waals surface area contributed by atoms with Crippen LogP contribution in [-0.4, -0.2) is 37.2 Å². The maximum atomic E-state index is 12.9. The summed E-state index contributed by atoms with van der Waals surface area (Å²) in [6.45, 7) is 6.51. The van der Waals surface area contributed by atoms with E-state index in [1.807, 2.05) is 0 Å². The van der Waals surface area contributed by atoms with Crippen LogP contribution in [0, 0.1) is 0 Å². The third-order valence-electron chi connectivity index (χ3n) is 13.7. The molecule has 0 aliphatic heterocycles. The van der Waals surface area contributed by atoms with Gasteiger partial charge in [-0.15, -0.1) is 0 Å². The Morgan fingerprint density at radius 1 is 0.288 bits per heavy atom. The molecule has 0 amide bonds. The minimum atomic E-state index is -0.808. The Labute approximate surface area is 453 Å². The predicted octanol–water partition coefficient (Wildman–Crippen LogP) is 21.3. The molecule has 0 saturated carbocycles. The van der Waals surface area contributed by atoms with Crippen molar-refractivity contribution in [2.75, 3.05) is 13.2 Å². The number of unbranched alkanes of at least 4 members (excludes halogenated alkanes) is 34. The number of ether oxygens (including phenoxy) is 3. The number of carbonyl (C=O) groups excluding carboxylic acids is 3. The van der Waals surface area contributed by atoms with Gasteiger partial charge < -0.3 is 14.2 Å². The number of allylic oxidation sites excluding steroid dienone is 12. The molecular weight excluding hydrogens is 901 g/mol. The van der Waals surface area contributed by atoms with Crippen molar-refractivity contribution in [2.45, 2.75) is 322 Å².